The molecule has 0 saturated heterocycles. The third kappa shape index (κ3) is 6.01. The van der Waals surface area contributed by atoms with E-state index >= 15 is 0 Å². The van der Waals surface area contributed by atoms with Crippen LogP contribution in [0.15, 0.2) is 17.6 Å². The highest BCUT2D eigenvalue weighted by Gasteiger charge is 2.31. The van der Waals surface area contributed by atoms with Gasteiger partial charge in [-0.05, 0) is 58.8 Å². The molecule has 1 aliphatic carbocycles. The lowest BCUT2D eigenvalue weighted by atomic mass is 9.77. The number of carbonyl (C=O) groups excluding carboxylic acids is 1. The minimum atomic E-state index is -0.613. The van der Waals surface area contributed by atoms with Gasteiger partial charge in [-0.3, -0.25) is 0 Å². The van der Waals surface area contributed by atoms with E-state index in [0.29, 0.717) is 6.42 Å². The molecular weight excluding hydrogens is 242 g/mol. The lowest BCUT2D eigenvalue weighted by molar-refractivity contribution is 0.00118. The van der Waals surface area contributed by atoms with Crippen LogP contribution >= 0.6 is 0 Å². The summed E-state index contributed by atoms with van der Waals surface area (Å²) in [5.74, 6) is 0.248. The van der Waals surface area contributed by atoms with Crippen molar-refractivity contribution in [3.8, 4) is 0 Å². The average molecular weight is 267 g/mol. The molecule has 0 aromatic rings. The summed E-state index contributed by atoms with van der Waals surface area (Å²) in [6.45, 7) is 9.11. The fourth-order valence-corrected chi connectivity index (χ4v) is 2.25. The van der Waals surface area contributed by atoms with Gasteiger partial charge >= 0.3 is 6.09 Å². The van der Waals surface area contributed by atoms with Crippen molar-refractivity contribution in [1.29, 1.82) is 0 Å². The molecule has 108 valence electrons. The Labute approximate surface area is 115 Å². The molecule has 4 nitrogen and oxygen atoms in total. The fraction of sp³-hybridized carbons (Fsp3) is 0.733. The van der Waals surface area contributed by atoms with Crippen LogP contribution in [0.4, 0.5) is 4.79 Å². The van der Waals surface area contributed by atoms with Gasteiger partial charge in [-0.25, -0.2) is 4.79 Å². The highest BCUT2D eigenvalue weighted by atomic mass is 16.6. The van der Waals surface area contributed by atoms with Gasteiger partial charge in [-0.15, -0.1) is 6.58 Å². The van der Waals surface area contributed by atoms with E-state index in [1.54, 1.807) is 12.3 Å². The normalized spacial score (nSPS) is 28.3. The first kappa shape index (κ1) is 15.9. The molecule has 4 heteroatoms. The Bertz CT molecular complexity index is 347. The smallest absolute Gasteiger partial charge is 0.433 e. The quantitative estimate of drug-likeness (QED) is 0.629. The number of hydrogen-bond acceptors (Lipinski definition) is 3. The number of hydrogen-bond donors (Lipinski definition) is 1. The van der Waals surface area contributed by atoms with Crippen LogP contribution in [0, 0.1) is 5.92 Å². The summed E-state index contributed by atoms with van der Waals surface area (Å²) in [5, 5.41) is 10.2. The molecule has 0 bridgehead atoms. The topological polar surface area (TPSA) is 58.9 Å². The lowest BCUT2D eigenvalue weighted by Gasteiger charge is -2.34. The number of aliphatic imine (C=N–C) groups is 1. The predicted octanol–water partition coefficient (Wildman–Crippen LogP) is 3.49. The van der Waals surface area contributed by atoms with Gasteiger partial charge in [0.2, 0.25) is 0 Å². The van der Waals surface area contributed by atoms with Gasteiger partial charge in [0.05, 0.1) is 5.60 Å². The van der Waals surface area contributed by atoms with E-state index in [-0.39, 0.29) is 5.92 Å². The lowest BCUT2D eigenvalue weighted by Crippen LogP contribution is -2.33. The van der Waals surface area contributed by atoms with Crippen molar-refractivity contribution < 1.29 is 14.6 Å². The third-order valence-corrected chi connectivity index (χ3v) is 3.27. The minimum Gasteiger partial charge on any atom is -0.442 e. The second-order valence-corrected chi connectivity index (χ2v) is 6.31. The fourth-order valence-electron chi connectivity index (χ4n) is 2.25. The van der Waals surface area contributed by atoms with Gasteiger partial charge < -0.3 is 9.84 Å². The van der Waals surface area contributed by atoms with Crippen LogP contribution < -0.4 is 0 Å². The molecule has 1 N–H and O–H groups in total. The van der Waals surface area contributed by atoms with Crippen molar-refractivity contribution in [2.45, 2.75) is 64.1 Å². The molecule has 1 rings (SSSR count). The van der Waals surface area contributed by atoms with Crippen LogP contribution in [0.2, 0.25) is 0 Å². The first-order valence-electron chi connectivity index (χ1n) is 6.84. The van der Waals surface area contributed by atoms with E-state index in [1.165, 1.54) is 0 Å². The molecule has 1 amide bonds. The Balaban J connectivity index is 2.40. The SMILES string of the molecule is C=CCC1(O)CCC(/C=N/C(=O)OC(C)(C)C)CC1. The van der Waals surface area contributed by atoms with Crippen LogP contribution in [0.5, 0.6) is 0 Å². The van der Waals surface area contributed by atoms with Gasteiger partial charge in [0.1, 0.15) is 5.60 Å². The monoisotopic (exact) mass is 267 g/mol. The molecule has 19 heavy (non-hydrogen) atoms. The number of rotatable bonds is 3. The first-order valence-corrected chi connectivity index (χ1v) is 6.84. The molecule has 0 unspecified atom stereocenters. The molecule has 0 atom stereocenters. The van der Waals surface area contributed by atoms with Crippen LogP contribution in [0.3, 0.4) is 0 Å². The molecule has 1 fully saturated rings. The molecule has 0 spiro atoms. The van der Waals surface area contributed by atoms with Crippen LogP contribution in [0.1, 0.15) is 52.9 Å². The van der Waals surface area contributed by atoms with E-state index in [4.69, 9.17) is 4.74 Å². The van der Waals surface area contributed by atoms with Gasteiger partial charge in [0.15, 0.2) is 0 Å². The number of ether oxygens (including phenoxy) is 1. The van der Waals surface area contributed by atoms with Gasteiger partial charge in [-0.2, -0.15) is 4.99 Å². The van der Waals surface area contributed by atoms with Crippen LogP contribution in [-0.4, -0.2) is 28.6 Å². The number of nitrogens with zero attached hydrogens (tertiary/aromatic N) is 1. The van der Waals surface area contributed by atoms with Gasteiger partial charge in [0.25, 0.3) is 0 Å². The van der Waals surface area contributed by atoms with Crippen molar-refractivity contribution in [2.24, 2.45) is 10.9 Å². The standard InChI is InChI=1S/C15H25NO3/c1-5-8-15(18)9-6-12(7-10-15)11-16-13(17)19-14(2,3)4/h5,11-12,18H,1,6-10H2,2-4H3/b16-11+. The number of amides is 1. The molecular formula is C15H25NO3. The summed E-state index contributed by atoms with van der Waals surface area (Å²) >= 11 is 0. The van der Waals surface area contributed by atoms with E-state index in [1.807, 2.05) is 20.8 Å². The largest absolute Gasteiger partial charge is 0.442 e. The molecule has 0 heterocycles. The zero-order chi connectivity index (χ0) is 14.5. The van der Waals surface area contributed by atoms with Crippen LogP contribution in [-0.2, 0) is 4.74 Å². The molecule has 1 aliphatic rings. The van der Waals surface area contributed by atoms with E-state index in [2.05, 4.69) is 11.6 Å². The minimum absolute atomic E-state index is 0.248. The summed E-state index contributed by atoms with van der Waals surface area (Å²) in [5.41, 5.74) is -1.12. The maximum absolute atomic E-state index is 11.4. The molecule has 0 aromatic carbocycles. The molecule has 0 aliphatic heterocycles. The first-order chi connectivity index (χ1) is 8.74. The Morgan fingerprint density at radius 1 is 1.47 bits per heavy atom. The summed E-state index contributed by atoms with van der Waals surface area (Å²) in [7, 11) is 0. The van der Waals surface area contributed by atoms with Gasteiger partial charge in [-0.1, -0.05) is 6.08 Å². The maximum Gasteiger partial charge on any atom is 0.433 e. The second-order valence-electron chi connectivity index (χ2n) is 6.31. The van der Waals surface area contributed by atoms with E-state index < -0.39 is 17.3 Å². The maximum atomic E-state index is 11.4. The summed E-state index contributed by atoms with van der Waals surface area (Å²) in [6.07, 6.45) is 6.65. The Morgan fingerprint density at radius 3 is 2.53 bits per heavy atom. The van der Waals surface area contributed by atoms with E-state index in [9.17, 15) is 9.90 Å². The zero-order valence-electron chi connectivity index (χ0n) is 12.2. The highest BCUT2D eigenvalue weighted by molar-refractivity contribution is 5.80. The van der Waals surface area contributed by atoms with Crippen molar-refractivity contribution in [2.75, 3.05) is 0 Å². The van der Waals surface area contributed by atoms with Crippen molar-refractivity contribution in [1.82, 2.24) is 0 Å². The Morgan fingerprint density at radius 2 is 2.05 bits per heavy atom. The van der Waals surface area contributed by atoms with Crippen LogP contribution in [0.25, 0.3) is 0 Å². The summed E-state index contributed by atoms with van der Waals surface area (Å²) in [6, 6.07) is 0. The van der Waals surface area contributed by atoms with Crippen molar-refractivity contribution >= 4 is 12.3 Å². The zero-order valence-corrected chi connectivity index (χ0v) is 12.2. The van der Waals surface area contributed by atoms with Crippen molar-refractivity contribution in [3.05, 3.63) is 12.7 Å². The molecule has 0 aromatic heterocycles. The average Bonchev–Trinajstić information content (AvgIpc) is 2.26. The summed E-state index contributed by atoms with van der Waals surface area (Å²) < 4.78 is 5.11. The number of aliphatic hydroxyl groups is 1. The third-order valence-electron chi connectivity index (χ3n) is 3.27. The Kier molecular flexibility index (Phi) is 5.29. The number of carbonyl (C=O) groups is 1. The predicted molar refractivity (Wildman–Crippen MR) is 76.4 cm³/mol. The van der Waals surface area contributed by atoms with Crippen molar-refractivity contribution in [3.63, 3.8) is 0 Å². The second kappa shape index (κ2) is 6.33. The Hall–Kier alpha value is -1.16. The molecule has 0 radical (unpaired) electrons. The van der Waals surface area contributed by atoms with E-state index in [0.717, 1.165) is 25.7 Å². The molecule has 1 saturated carbocycles. The highest BCUT2D eigenvalue weighted by Crippen LogP contribution is 2.33. The van der Waals surface area contributed by atoms with Gasteiger partial charge in [0, 0.05) is 6.21 Å². The summed E-state index contributed by atoms with van der Waals surface area (Å²) in [4.78, 5) is 15.3.